The van der Waals surface area contributed by atoms with E-state index in [1.54, 1.807) is 19.4 Å². The summed E-state index contributed by atoms with van der Waals surface area (Å²) in [5, 5.41) is 3.44. The molecule has 4 nitrogen and oxygen atoms in total. The summed E-state index contributed by atoms with van der Waals surface area (Å²) in [7, 11) is 1.69. The van der Waals surface area contributed by atoms with Gasteiger partial charge in [0.1, 0.15) is 5.82 Å². The SMILES string of the molecule is COCc1cccc(CNc2ccnc(Cl)n2)c1. The van der Waals surface area contributed by atoms with Crippen molar-refractivity contribution in [3.05, 3.63) is 52.9 Å². The molecule has 0 saturated carbocycles. The fourth-order valence-electron chi connectivity index (χ4n) is 1.62. The van der Waals surface area contributed by atoms with Gasteiger partial charge >= 0.3 is 0 Å². The van der Waals surface area contributed by atoms with Crippen LogP contribution in [0, 0.1) is 0 Å². The van der Waals surface area contributed by atoms with E-state index in [0.29, 0.717) is 19.0 Å². The van der Waals surface area contributed by atoms with E-state index < -0.39 is 0 Å². The summed E-state index contributed by atoms with van der Waals surface area (Å²) in [6.45, 7) is 1.30. The predicted octanol–water partition coefficient (Wildman–Crippen LogP) is 2.89. The topological polar surface area (TPSA) is 47.0 Å². The minimum Gasteiger partial charge on any atom is -0.380 e. The molecule has 0 radical (unpaired) electrons. The minimum atomic E-state index is 0.244. The van der Waals surface area contributed by atoms with E-state index in [1.165, 1.54) is 5.56 Å². The van der Waals surface area contributed by atoms with Crippen LogP contribution in [0.3, 0.4) is 0 Å². The zero-order valence-electron chi connectivity index (χ0n) is 10.1. The van der Waals surface area contributed by atoms with Crippen molar-refractivity contribution in [2.75, 3.05) is 12.4 Å². The molecule has 0 bridgehead atoms. The van der Waals surface area contributed by atoms with E-state index in [4.69, 9.17) is 16.3 Å². The first-order chi connectivity index (χ1) is 8.78. The fourth-order valence-corrected chi connectivity index (χ4v) is 1.77. The van der Waals surface area contributed by atoms with Crippen LogP contribution in [0.2, 0.25) is 5.28 Å². The molecule has 5 heteroatoms. The maximum absolute atomic E-state index is 5.71. The number of hydrogen-bond donors (Lipinski definition) is 1. The van der Waals surface area contributed by atoms with Gasteiger partial charge in [0.05, 0.1) is 6.61 Å². The van der Waals surface area contributed by atoms with Crippen LogP contribution in [0.5, 0.6) is 0 Å². The van der Waals surface area contributed by atoms with Crippen LogP contribution in [0.4, 0.5) is 5.82 Å². The lowest BCUT2D eigenvalue weighted by molar-refractivity contribution is 0.185. The Morgan fingerprint density at radius 1 is 1.28 bits per heavy atom. The van der Waals surface area contributed by atoms with E-state index in [9.17, 15) is 0 Å². The Morgan fingerprint density at radius 2 is 2.11 bits per heavy atom. The van der Waals surface area contributed by atoms with Crippen molar-refractivity contribution in [2.24, 2.45) is 0 Å². The van der Waals surface area contributed by atoms with Gasteiger partial charge in [0.25, 0.3) is 0 Å². The zero-order valence-corrected chi connectivity index (χ0v) is 10.8. The van der Waals surface area contributed by atoms with Crippen LogP contribution in [0.1, 0.15) is 11.1 Å². The van der Waals surface area contributed by atoms with Gasteiger partial charge in [0.15, 0.2) is 0 Å². The van der Waals surface area contributed by atoms with Gasteiger partial charge in [-0.3, -0.25) is 0 Å². The normalized spacial score (nSPS) is 10.3. The van der Waals surface area contributed by atoms with Crippen LogP contribution in [-0.4, -0.2) is 17.1 Å². The lowest BCUT2D eigenvalue weighted by Gasteiger charge is -2.07. The number of nitrogens with zero attached hydrogens (tertiary/aromatic N) is 2. The Kier molecular flexibility index (Phi) is 4.50. The lowest BCUT2D eigenvalue weighted by Crippen LogP contribution is -2.02. The maximum Gasteiger partial charge on any atom is 0.224 e. The van der Waals surface area contributed by atoms with Crippen molar-refractivity contribution >= 4 is 17.4 Å². The average molecular weight is 264 g/mol. The van der Waals surface area contributed by atoms with Crippen molar-refractivity contribution < 1.29 is 4.74 Å². The summed E-state index contributed by atoms with van der Waals surface area (Å²) in [5.74, 6) is 0.715. The predicted molar refractivity (Wildman–Crippen MR) is 71.5 cm³/mol. The van der Waals surface area contributed by atoms with Crippen molar-refractivity contribution in [1.29, 1.82) is 0 Å². The van der Waals surface area contributed by atoms with Crippen LogP contribution in [0.15, 0.2) is 36.5 Å². The highest BCUT2D eigenvalue weighted by Gasteiger charge is 1.98. The molecule has 1 N–H and O–H groups in total. The Morgan fingerprint density at radius 3 is 2.89 bits per heavy atom. The van der Waals surface area contributed by atoms with Gasteiger partial charge < -0.3 is 10.1 Å². The number of anilines is 1. The number of halogens is 1. The van der Waals surface area contributed by atoms with Crippen LogP contribution in [0.25, 0.3) is 0 Å². The third-order valence-corrected chi connectivity index (χ3v) is 2.58. The first-order valence-corrected chi connectivity index (χ1v) is 5.95. The number of aromatic nitrogens is 2. The molecule has 0 amide bonds. The molecule has 0 fully saturated rings. The number of benzene rings is 1. The molecule has 0 aliphatic heterocycles. The van der Waals surface area contributed by atoms with Gasteiger partial charge in [-0.15, -0.1) is 0 Å². The summed E-state index contributed by atoms with van der Waals surface area (Å²) in [5.41, 5.74) is 2.32. The molecule has 0 aliphatic rings. The number of rotatable bonds is 5. The number of hydrogen-bond acceptors (Lipinski definition) is 4. The van der Waals surface area contributed by atoms with Crippen molar-refractivity contribution in [3.63, 3.8) is 0 Å². The van der Waals surface area contributed by atoms with Crippen LogP contribution in [-0.2, 0) is 17.9 Å². The highest BCUT2D eigenvalue weighted by atomic mass is 35.5. The summed E-state index contributed by atoms with van der Waals surface area (Å²) in [6, 6.07) is 9.98. The largest absolute Gasteiger partial charge is 0.380 e. The molecule has 0 unspecified atom stereocenters. The monoisotopic (exact) mass is 263 g/mol. The van der Waals surface area contributed by atoms with Crippen molar-refractivity contribution in [1.82, 2.24) is 9.97 Å². The molecular formula is C13H14ClN3O. The molecule has 2 rings (SSSR count). The lowest BCUT2D eigenvalue weighted by atomic mass is 10.1. The maximum atomic E-state index is 5.71. The second kappa shape index (κ2) is 6.33. The van der Waals surface area contributed by atoms with Crippen molar-refractivity contribution in [3.8, 4) is 0 Å². The molecule has 0 atom stereocenters. The molecule has 1 aromatic carbocycles. The van der Waals surface area contributed by atoms with E-state index in [2.05, 4.69) is 27.4 Å². The molecule has 18 heavy (non-hydrogen) atoms. The van der Waals surface area contributed by atoms with E-state index in [0.717, 1.165) is 5.56 Å². The summed E-state index contributed by atoms with van der Waals surface area (Å²) < 4.78 is 5.10. The second-order valence-corrected chi connectivity index (χ2v) is 4.16. The van der Waals surface area contributed by atoms with Gasteiger partial charge in [-0.25, -0.2) is 9.97 Å². The van der Waals surface area contributed by atoms with Gasteiger partial charge in [0.2, 0.25) is 5.28 Å². The molecular weight excluding hydrogens is 250 g/mol. The Labute approximate surface area is 111 Å². The van der Waals surface area contributed by atoms with Crippen LogP contribution >= 0.6 is 11.6 Å². The first-order valence-electron chi connectivity index (χ1n) is 5.57. The quantitative estimate of drug-likeness (QED) is 0.843. The summed E-state index contributed by atoms with van der Waals surface area (Å²) in [4.78, 5) is 7.90. The third-order valence-electron chi connectivity index (χ3n) is 2.40. The molecule has 1 aromatic heterocycles. The smallest absolute Gasteiger partial charge is 0.224 e. The minimum absolute atomic E-state index is 0.244. The van der Waals surface area contributed by atoms with Crippen LogP contribution < -0.4 is 5.32 Å². The second-order valence-electron chi connectivity index (χ2n) is 3.82. The summed E-state index contributed by atoms with van der Waals surface area (Å²) in [6.07, 6.45) is 1.62. The van der Waals surface area contributed by atoms with Gasteiger partial charge in [0, 0.05) is 19.9 Å². The number of methoxy groups -OCH3 is 1. The summed E-state index contributed by atoms with van der Waals surface area (Å²) >= 11 is 5.71. The standard InChI is InChI=1S/C13H14ClN3O/c1-18-9-11-4-2-3-10(7-11)8-16-12-5-6-15-13(14)17-12/h2-7H,8-9H2,1H3,(H,15,16,17). The Hall–Kier alpha value is -1.65. The van der Waals surface area contributed by atoms with E-state index in [-0.39, 0.29) is 5.28 Å². The molecule has 94 valence electrons. The molecule has 1 heterocycles. The van der Waals surface area contributed by atoms with Crippen molar-refractivity contribution in [2.45, 2.75) is 13.2 Å². The van der Waals surface area contributed by atoms with Gasteiger partial charge in [-0.05, 0) is 28.8 Å². The van der Waals surface area contributed by atoms with E-state index >= 15 is 0 Å². The Balaban J connectivity index is 1.99. The average Bonchev–Trinajstić information content (AvgIpc) is 2.37. The first kappa shape index (κ1) is 12.8. The third kappa shape index (κ3) is 3.68. The number of ether oxygens (including phenoxy) is 1. The molecule has 0 spiro atoms. The molecule has 2 aromatic rings. The Bertz CT molecular complexity index is 519. The fraction of sp³-hybridized carbons (Fsp3) is 0.231. The molecule has 0 aliphatic carbocycles. The van der Waals surface area contributed by atoms with Gasteiger partial charge in [-0.1, -0.05) is 24.3 Å². The highest BCUT2D eigenvalue weighted by molar-refractivity contribution is 6.28. The molecule has 0 saturated heterocycles. The number of nitrogens with one attached hydrogen (secondary N) is 1. The highest BCUT2D eigenvalue weighted by Crippen LogP contribution is 2.10. The van der Waals surface area contributed by atoms with Gasteiger partial charge in [-0.2, -0.15) is 0 Å². The van der Waals surface area contributed by atoms with E-state index in [1.807, 2.05) is 12.1 Å². The zero-order chi connectivity index (χ0) is 12.8.